The van der Waals surface area contributed by atoms with Crippen molar-refractivity contribution in [3.8, 4) is 0 Å². The van der Waals surface area contributed by atoms with E-state index in [4.69, 9.17) is 0 Å². The van der Waals surface area contributed by atoms with Gasteiger partial charge < -0.3 is 10.2 Å². The maximum Gasteiger partial charge on any atom is 0.225 e. The van der Waals surface area contributed by atoms with E-state index in [1.165, 1.54) is 10.1 Å². The zero-order chi connectivity index (χ0) is 17.9. The highest BCUT2D eigenvalue weighted by Crippen LogP contribution is 2.23. The van der Waals surface area contributed by atoms with Crippen LogP contribution in [0.2, 0.25) is 0 Å². The summed E-state index contributed by atoms with van der Waals surface area (Å²) >= 11 is 1.71. The van der Waals surface area contributed by atoms with Gasteiger partial charge in [-0.1, -0.05) is 12.1 Å². The standard InChI is InChI=1S/C20H19N3O2S/c24-19-9-17(13-23(19)12-15-2-1-6-21-10-15)20(25)22-11-14-3-4-18-16(8-14)5-7-26-18/h1-8,10,17H,9,11-13H2,(H,22,25)/t17-/m1/s1. The SMILES string of the molecule is O=C(NCc1ccc2sccc2c1)[C@@H]1CC(=O)N(Cc2cccnc2)C1. The Morgan fingerprint density at radius 3 is 3.04 bits per heavy atom. The molecule has 4 rings (SSSR count). The number of thiophene rings is 1. The summed E-state index contributed by atoms with van der Waals surface area (Å²) in [5.74, 6) is -0.324. The minimum absolute atomic E-state index is 0.0219. The molecule has 1 saturated heterocycles. The fourth-order valence-corrected chi connectivity index (χ4v) is 4.04. The molecule has 1 N–H and O–H groups in total. The van der Waals surface area contributed by atoms with Crippen molar-refractivity contribution in [2.45, 2.75) is 19.5 Å². The van der Waals surface area contributed by atoms with Gasteiger partial charge in [0.2, 0.25) is 11.8 Å². The molecular weight excluding hydrogens is 346 g/mol. The summed E-state index contributed by atoms with van der Waals surface area (Å²) in [4.78, 5) is 30.5. The number of benzene rings is 1. The lowest BCUT2D eigenvalue weighted by Crippen LogP contribution is -2.32. The van der Waals surface area contributed by atoms with Crippen molar-refractivity contribution in [2.24, 2.45) is 5.92 Å². The highest BCUT2D eigenvalue weighted by atomic mass is 32.1. The van der Waals surface area contributed by atoms with Crippen molar-refractivity contribution < 1.29 is 9.59 Å². The Labute approximate surface area is 155 Å². The number of hydrogen-bond acceptors (Lipinski definition) is 4. The van der Waals surface area contributed by atoms with E-state index < -0.39 is 0 Å². The molecule has 3 heterocycles. The van der Waals surface area contributed by atoms with Crippen molar-refractivity contribution >= 4 is 33.2 Å². The van der Waals surface area contributed by atoms with Gasteiger partial charge in [0.1, 0.15) is 0 Å². The van der Waals surface area contributed by atoms with E-state index in [1.54, 1.807) is 28.6 Å². The van der Waals surface area contributed by atoms with Crippen LogP contribution in [-0.2, 0) is 22.7 Å². The van der Waals surface area contributed by atoms with Crippen molar-refractivity contribution in [2.75, 3.05) is 6.54 Å². The molecule has 5 nitrogen and oxygen atoms in total. The van der Waals surface area contributed by atoms with Gasteiger partial charge in [0, 0.05) is 43.1 Å². The number of nitrogens with one attached hydrogen (secondary N) is 1. The molecule has 1 aliphatic rings. The van der Waals surface area contributed by atoms with Gasteiger partial charge in [-0.15, -0.1) is 11.3 Å². The lowest BCUT2D eigenvalue weighted by molar-refractivity contribution is -0.129. The number of aromatic nitrogens is 1. The predicted octanol–water partition coefficient (Wildman–Crippen LogP) is 2.96. The Morgan fingerprint density at radius 1 is 1.27 bits per heavy atom. The van der Waals surface area contributed by atoms with Gasteiger partial charge in [-0.3, -0.25) is 14.6 Å². The van der Waals surface area contributed by atoms with E-state index in [2.05, 4.69) is 33.9 Å². The first-order valence-electron chi connectivity index (χ1n) is 8.59. The third-order valence-electron chi connectivity index (χ3n) is 4.67. The van der Waals surface area contributed by atoms with Gasteiger partial charge in [-0.2, -0.15) is 0 Å². The highest BCUT2D eigenvalue weighted by molar-refractivity contribution is 7.17. The Kier molecular flexibility index (Phi) is 4.67. The molecule has 26 heavy (non-hydrogen) atoms. The lowest BCUT2D eigenvalue weighted by atomic mass is 10.1. The maximum absolute atomic E-state index is 12.5. The number of fused-ring (bicyclic) bond motifs is 1. The van der Waals surface area contributed by atoms with Crippen LogP contribution in [0.15, 0.2) is 54.2 Å². The average molecular weight is 365 g/mol. The summed E-state index contributed by atoms with van der Waals surface area (Å²) < 4.78 is 1.24. The highest BCUT2D eigenvalue weighted by Gasteiger charge is 2.34. The molecule has 132 valence electrons. The molecule has 3 aromatic rings. The largest absolute Gasteiger partial charge is 0.352 e. The van der Waals surface area contributed by atoms with E-state index in [0.717, 1.165) is 11.1 Å². The summed E-state index contributed by atoms with van der Waals surface area (Å²) in [7, 11) is 0. The first kappa shape index (κ1) is 16.7. The zero-order valence-corrected chi connectivity index (χ0v) is 15.0. The van der Waals surface area contributed by atoms with Crippen molar-refractivity contribution in [1.29, 1.82) is 0 Å². The molecule has 1 aliphatic heterocycles. The Balaban J connectivity index is 1.34. The topological polar surface area (TPSA) is 62.3 Å². The second-order valence-electron chi connectivity index (χ2n) is 6.55. The van der Waals surface area contributed by atoms with Crippen LogP contribution in [0.5, 0.6) is 0 Å². The third-order valence-corrected chi connectivity index (χ3v) is 5.56. The Bertz CT molecular complexity index is 938. The zero-order valence-electron chi connectivity index (χ0n) is 14.2. The summed E-state index contributed by atoms with van der Waals surface area (Å²) in [6.45, 7) is 1.45. The number of carbonyl (C=O) groups excluding carboxylic acids is 2. The number of hydrogen-bond donors (Lipinski definition) is 1. The van der Waals surface area contributed by atoms with Gasteiger partial charge in [-0.05, 0) is 46.2 Å². The summed E-state index contributed by atoms with van der Waals surface area (Å²) in [5, 5.41) is 6.23. The Morgan fingerprint density at radius 2 is 2.19 bits per heavy atom. The van der Waals surface area contributed by atoms with Gasteiger partial charge in [-0.25, -0.2) is 0 Å². The van der Waals surface area contributed by atoms with Crippen LogP contribution in [0.4, 0.5) is 0 Å². The average Bonchev–Trinajstić information content (AvgIpc) is 3.27. The van der Waals surface area contributed by atoms with E-state index in [9.17, 15) is 9.59 Å². The van der Waals surface area contributed by atoms with Crippen molar-refractivity contribution in [1.82, 2.24) is 15.2 Å². The summed E-state index contributed by atoms with van der Waals surface area (Å²) in [5.41, 5.74) is 2.05. The first-order valence-corrected chi connectivity index (χ1v) is 9.47. The number of likely N-dealkylation sites (tertiary alicyclic amines) is 1. The number of rotatable bonds is 5. The third kappa shape index (κ3) is 3.60. The van der Waals surface area contributed by atoms with Crippen LogP contribution in [0.1, 0.15) is 17.5 Å². The molecule has 1 atom stereocenters. The molecule has 2 aromatic heterocycles. The van der Waals surface area contributed by atoms with Gasteiger partial charge in [0.05, 0.1) is 5.92 Å². The van der Waals surface area contributed by atoms with Crippen molar-refractivity contribution in [3.63, 3.8) is 0 Å². The second kappa shape index (κ2) is 7.25. The van der Waals surface area contributed by atoms with Crippen LogP contribution in [0.25, 0.3) is 10.1 Å². The number of carbonyl (C=O) groups is 2. The molecule has 0 unspecified atom stereocenters. The normalized spacial score (nSPS) is 17.0. The number of nitrogens with zero attached hydrogens (tertiary/aromatic N) is 2. The first-order chi connectivity index (χ1) is 12.7. The summed E-state index contributed by atoms with van der Waals surface area (Å²) in [6.07, 6.45) is 3.73. The molecule has 0 aliphatic carbocycles. The molecular formula is C20H19N3O2S. The maximum atomic E-state index is 12.5. The van der Waals surface area contributed by atoms with Crippen molar-refractivity contribution in [3.05, 3.63) is 65.3 Å². The number of pyridine rings is 1. The van der Waals surface area contributed by atoms with Gasteiger partial charge in [0.25, 0.3) is 0 Å². The fraction of sp³-hybridized carbons (Fsp3) is 0.250. The molecule has 0 radical (unpaired) electrons. The molecule has 1 aromatic carbocycles. The Hall–Kier alpha value is -2.73. The molecule has 2 amide bonds. The van der Waals surface area contributed by atoms with E-state index in [-0.39, 0.29) is 24.2 Å². The smallest absolute Gasteiger partial charge is 0.225 e. The van der Waals surface area contributed by atoms with Crippen LogP contribution >= 0.6 is 11.3 Å². The number of amides is 2. The molecule has 0 bridgehead atoms. The van der Waals surface area contributed by atoms with Crippen LogP contribution in [0.3, 0.4) is 0 Å². The quantitative estimate of drug-likeness (QED) is 0.756. The van der Waals surface area contributed by atoms with Crippen LogP contribution in [0, 0.1) is 5.92 Å². The fourth-order valence-electron chi connectivity index (χ4n) is 3.27. The predicted molar refractivity (Wildman–Crippen MR) is 101 cm³/mol. The van der Waals surface area contributed by atoms with Crippen LogP contribution in [-0.4, -0.2) is 28.2 Å². The molecule has 1 fully saturated rings. The van der Waals surface area contributed by atoms with E-state index in [0.29, 0.717) is 19.6 Å². The summed E-state index contributed by atoms with van der Waals surface area (Å²) in [6, 6.07) is 12.1. The van der Waals surface area contributed by atoms with E-state index >= 15 is 0 Å². The lowest BCUT2D eigenvalue weighted by Gasteiger charge is -2.16. The minimum atomic E-state index is -0.288. The molecule has 0 saturated carbocycles. The van der Waals surface area contributed by atoms with Gasteiger partial charge >= 0.3 is 0 Å². The monoisotopic (exact) mass is 365 g/mol. The molecule has 6 heteroatoms. The van der Waals surface area contributed by atoms with E-state index in [1.807, 2.05) is 18.2 Å². The minimum Gasteiger partial charge on any atom is -0.352 e. The van der Waals surface area contributed by atoms with Gasteiger partial charge in [0.15, 0.2) is 0 Å². The second-order valence-corrected chi connectivity index (χ2v) is 7.49. The molecule has 0 spiro atoms. The van der Waals surface area contributed by atoms with Crippen LogP contribution < -0.4 is 5.32 Å².